The second kappa shape index (κ2) is 6.40. The lowest BCUT2D eigenvalue weighted by molar-refractivity contribution is 0.0739. The molecule has 0 radical (unpaired) electrons. The average Bonchev–Trinajstić information content (AvgIpc) is 2.95. The number of hydrogen-bond acceptors (Lipinski definition) is 4. The predicted molar refractivity (Wildman–Crippen MR) is 97.0 cm³/mol. The Labute approximate surface area is 150 Å². The van der Waals surface area contributed by atoms with E-state index in [9.17, 15) is 9.18 Å². The molecule has 1 aliphatic heterocycles. The van der Waals surface area contributed by atoms with Crippen LogP contribution in [-0.4, -0.2) is 51.6 Å². The van der Waals surface area contributed by atoms with Gasteiger partial charge in [0.15, 0.2) is 5.65 Å². The Morgan fingerprint density at radius 1 is 1.00 bits per heavy atom. The Bertz CT molecular complexity index is 958. The third-order valence-electron chi connectivity index (χ3n) is 4.92. The van der Waals surface area contributed by atoms with Crippen molar-refractivity contribution in [1.29, 1.82) is 0 Å². The summed E-state index contributed by atoms with van der Waals surface area (Å²) in [5, 5.41) is 4.47. The number of aryl methyl sites for hydroxylation is 2. The predicted octanol–water partition coefficient (Wildman–Crippen LogP) is 2.45. The number of nitrogens with zero attached hydrogens (tertiary/aromatic N) is 5. The normalized spacial score (nSPS) is 14.9. The molecule has 134 valence electrons. The van der Waals surface area contributed by atoms with Gasteiger partial charge in [0.2, 0.25) is 0 Å². The van der Waals surface area contributed by atoms with E-state index >= 15 is 0 Å². The number of imidazole rings is 1. The first-order chi connectivity index (χ1) is 12.5. The molecule has 0 spiro atoms. The Balaban J connectivity index is 1.48. The van der Waals surface area contributed by atoms with Gasteiger partial charge < -0.3 is 9.80 Å². The van der Waals surface area contributed by atoms with Crippen LogP contribution >= 0.6 is 0 Å². The van der Waals surface area contributed by atoms with Gasteiger partial charge in [0, 0.05) is 31.9 Å². The first-order valence-electron chi connectivity index (χ1n) is 8.66. The van der Waals surface area contributed by atoms with E-state index in [-0.39, 0.29) is 11.7 Å². The number of hydrogen-bond donors (Lipinski definition) is 0. The molecule has 3 aromatic rings. The van der Waals surface area contributed by atoms with Crippen molar-refractivity contribution in [3.8, 4) is 0 Å². The lowest BCUT2D eigenvalue weighted by Crippen LogP contribution is -2.49. The molecule has 1 aromatic carbocycles. The van der Waals surface area contributed by atoms with Crippen LogP contribution in [0, 0.1) is 19.7 Å². The number of piperazine rings is 1. The monoisotopic (exact) mass is 353 g/mol. The van der Waals surface area contributed by atoms with E-state index in [0.29, 0.717) is 31.9 Å². The van der Waals surface area contributed by atoms with Crippen LogP contribution in [-0.2, 0) is 0 Å². The van der Waals surface area contributed by atoms with Crippen LogP contribution in [0.3, 0.4) is 0 Å². The minimum absolute atomic E-state index is 0.0728. The standard InChI is InChI=1S/C19H20FN5O/c1-13-14(2)25-18(21-13)8-7-17(22-25)19(26)24-11-9-23(10-12-24)16-5-3-15(20)4-6-16/h3-8H,9-12H2,1-2H3. The summed E-state index contributed by atoms with van der Waals surface area (Å²) in [6.07, 6.45) is 0. The Morgan fingerprint density at radius 2 is 1.69 bits per heavy atom. The highest BCUT2D eigenvalue weighted by molar-refractivity contribution is 5.92. The van der Waals surface area contributed by atoms with Gasteiger partial charge in [-0.2, -0.15) is 5.10 Å². The number of rotatable bonds is 2. The van der Waals surface area contributed by atoms with Crippen molar-refractivity contribution in [3.05, 3.63) is 59.3 Å². The van der Waals surface area contributed by atoms with E-state index in [1.165, 1.54) is 12.1 Å². The summed E-state index contributed by atoms with van der Waals surface area (Å²) in [4.78, 5) is 21.2. The van der Waals surface area contributed by atoms with Crippen LogP contribution in [0.2, 0.25) is 0 Å². The Kier molecular flexibility index (Phi) is 4.06. The van der Waals surface area contributed by atoms with Gasteiger partial charge in [-0.3, -0.25) is 4.79 Å². The molecule has 3 heterocycles. The Hall–Kier alpha value is -2.96. The molecule has 7 heteroatoms. The molecule has 0 aliphatic carbocycles. The second-order valence-electron chi connectivity index (χ2n) is 6.53. The number of benzene rings is 1. The molecule has 0 unspecified atom stereocenters. The number of carbonyl (C=O) groups is 1. The Morgan fingerprint density at radius 3 is 2.38 bits per heavy atom. The zero-order valence-electron chi connectivity index (χ0n) is 14.8. The minimum atomic E-state index is -0.242. The summed E-state index contributed by atoms with van der Waals surface area (Å²) in [6.45, 7) is 6.51. The summed E-state index contributed by atoms with van der Waals surface area (Å²) in [5.74, 6) is -0.314. The summed E-state index contributed by atoms with van der Waals surface area (Å²) in [7, 11) is 0. The average molecular weight is 353 g/mol. The highest BCUT2D eigenvalue weighted by Gasteiger charge is 2.24. The highest BCUT2D eigenvalue weighted by atomic mass is 19.1. The molecule has 1 fully saturated rings. The third-order valence-corrected chi connectivity index (χ3v) is 4.92. The van der Waals surface area contributed by atoms with Crippen LogP contribution < -0.4 is 4.90 Å². The molecule has 6 nitrogen and oxygen atoms in total. The van der Waals surface area contributed by atoms with Crippen molar-refractivity contribution in [2.75, 3.05) is 31.1 Å². The summed E-state index contributed by atoms with van der Waals surface area (Å²) < 4.78 is 14.8. The number of fused-ring (bicyclic) bond motifs is 1. The van der Waals surface area contributed by atoms with Crippen LogP contribution in [0.1, 0.15) is 21.9 Å². The maximum atomic E-state index is 13.1. The zero-order chi connectivity index (χ0) is 18.3. The van der Waals surface area contributed by atoms with E-state index in [2.05, 4.69) is 15.0 Å². The molecule has 1 amide bonds. The van der Waals surface area contributed by atoms with Crippen molar-refractivity contribution in [2.24, 2.45) is 0 Å². The number of aromatic nitrogens is 3. The van der Waals surface area contributed by atoms with Crippen molar-refractivity contribution in [1.82, 2.24) is 19.5 Å². The first kappa shape index (κ1) is 16.5. The molecule has 0 saturated carbocycles. The summed E-state index contributed by atoms with van der Waals surface area (Å²) in [6, 6.07) is 10.0. The van der Waals surface area contributed by atoms with Crippen LogP contribution in [0.4, 0.5) is 10.1 Å². The van der Waals surface area contributed by atoms with Gasteiger partial charge in [0.25, 0.3) is 5.91 Å². The molecule has 1 aliphatic rings. The van der Waals surface area contributed by atoms with E-state index in [1.54, 1.807) is 22.7 Å². The van der Waals surface area contributed by atoms with Crippen molar-refractivity contribution in [2.45, 2.75) is 13.8 Å². The fourth-order valence-corrected chi connectivity index (χ4v) is 3.25. The van der Waals surface area contributed by atoms with Crippen LogP contribution in [0.5, 0.6) is 0 Å². The number of halogens is 1. The van der Waals surface area contributed by atoms with Crippen LogP contribution in [0.25, 0.3) is 5.65 Å². The summed E-state index contributed by atoms with van der Waals surface area (Å²) in [5.41, 5.74) is 4.00. The van der Waals surface area contributed by atoms with E-state index in [1.807, 2.05) is 24.8 Å². The molecule has 0 bridgehead atoms. The maximum Gasteiger partial charge on any atom is 0.274 e. The van der Waals surface area contributed by atoms with Gasteiger partial charge in [0.1, 0.15) is 11.5 Å². The van der Waals surface area contributed by atoms with Gasteiger partial charge >= 0.3 is 0 Å². The number of carbonyl (C=O) groups excluding carboxylic acids is 1. The molecule has 1 saturated heterocycles. The first-order valence-corrected chi connectivity index (χ1v) is 8.66. The molecular formula is C19H20FN5O. The largest absolute Gasteiger partial charge is 0.368 e. The zero-order valence-corrected chi connectivity index (χ0v) is 14.8. The molecule has 0 N–H and O–H groups in total. The molecule has 26 heavy (non-hydrogen) atoms. The number of amides is 1. The molecular weight excluding hydrogens is 333 g/mol. The fourth-order valence-electron chi connectivity index (χ4n) is 3.25. The van der Waals surface area contributed by atoms with Crippen molar-refractivity contribution >= 4 is 17.2 Å². The van der Waals surface area contributed by atoms with Gasteiger partial charge in [-0.05, 0) is 50.2 Å². The maximum absolute atomic E-state index is 13.1. The topological polar surface area (TPSA) is 53.7 Å². The summed E-state index contributed by atoms with van der Waals surface area (Å²) >= 11 is 0. The van der Waals surface area contributed by atoms with Crippen molar-refractivity contribution < 1.29 is 9.18 Å². The van der Waals surface area contributed by atoms with E-state index in [4.69, 9.17) is 0 Å². The molecule has 0 atom stereocenters. The smallest absolute Gasteiger partial charge is 0.274 e. The molecule has 4 rings (SSSR count). The van der Waals surface area contributed by atoms with Crippen molar-refractivity contribution in [3.63, 3.8) is 0 Å². The third kappa shape index (κ3) is 2.89. The lowest BCUT2D eigenvalue weighted by atomic mass is 10.2. The number of anilines is 1. The van der Waals surface area contributed by atoms with Crippen LogP contribution in [0.15, 0.2) is 36.4 Å². The van der Waals surface area contributed by atoms with E-state index < -0.39 is 0 Å². The van der Waals surface area contributed by atoms with Gasteiger partial charge in [0.05, 0.1) is 11.4 Å². The van der Waals surface area contributed by atoms with E-state index in [0.717, 1.165) is 22.7 Å². The SMILES string of the molecule is Cc1nc2ccc(C(=O)N3CCN(c4ccc(F)cc4)CC3)nn2c1C. The quantitative estimate of drug-likeness (QED) is 0.710. The minimum Gasteiger partial charge on any atom is -0.368 e. The highest BCUT2D eigenvalue weighted by Crippen LogP contribution is 2.18. The fraction of sp³-hybridized carbons (Fsp3) is 0.316. The van der Waals surface area contributed by atoms with Gasteiger partial charge in [-0.15, -0.1) is 0 Å². The second-order valence-corrected chi connectivity index (χ2v) is 6.53. The van der Waals surface area contributed by atoms with Gasteiger partial charge in [-0.25, -0.2) is 13.9 Å². The lowest BCUT2D eigenvalue weighted by Gasteiger charge is -2.36. The molecule has 2 aromatic heterocycles. The van der Waals surface area contributed by atoms with Gasteiger partial charge in [-0.1, -0.05) is 0 Å².